The van der Waals surface area contributed by atoms with Gasteiger partial charge < -0.3 is 24.8 Å². The molecule has 1 fully saturated rings. The Labute approximate surface area is 190 Å². The number of methoxy groups -OCH3 is 2. The monoisotopic (exact) mass is 455 g/mol. The molecule has 4 amide bonds. The number of carbonyl (C=O) groups excluding carboxylic acids is 4. The molecule has 0 bridgehead atoms. The topological polar surface area (TPSA) is 123 Å². The Bertz CT molecular complexity index is 1060. The van der Waals surface area contributed by atoms with Crippen molar-refractivity contribution >= 4 is 23.8 Å². The van der Waals surface area contributed by atoms with Crippen molar-refractivity contribution in [3.63, 3.8) is 0 Å². The lowest BCUT2D eigenvalue weighted by Gasteiger charge is -2.21. The van der Waals surface area contributed by atoms with Crippen molar-refractivity contribution in [1.82, 2.24) is 15.5 Å². The van der Waals surface area contributed by atoms with Gasteiger partial charge in [-0.3, -0.25) is 19.3 Å². The van der Waals surface area contributed by atoms with Gasteiger partial charge in [-0.2, -0.15) is 0 Å². The van der Waals surface area contributed by atoms with Crippen LogP contribution in [0.15, 0.2) is 48.5 Å². The first kappa shape index (κ1) is 23.6. The zero-order valence-electron chi connectivity index (χ0n) is 18.5. The van der Waals surface area contributed by atoms with Crippen molar-refractivity contribution in [2.45, 2.75) is 19.0 Å². The summed E-state index contributed by atoms with van der Waals surface area (Å²) in [6.45, 7) is 0.594. The van der Waals surface area contributed by atoms with Gasteiger partial charge in [-0.05, 0) is 30.2 Å². The minimum Gasteiger partial charge on any atom is -0.493 e. The Hall–Kier alpha value is -4.08. The number of esters is 1. The van der Waals surface area contributed by atoms with E-state index in [1.54, 1.807) is 55.5 Å². The van der Waals surface area contributed by atoms with Gasteiger partial charge in [-0.1, -0.05) is 36.4 Å². The number of hydrogen-bond acceptors (Lipinski definition) is 7. The van der Waals surface area contributed by atoms with Crippen LogP contribution in [0.5, 0.6) is 11.5 Å². The van der Waals surface area contributed by atoms with Crippen molar-refractivity contribution in [3.8, 4) is 11.5 Å². The van der Waals surface area contributed by atoms with Gasteiger partial charge in [-0.15, -0.1) is 0 Å². The Morgan fingerprint density at radius 2 is 1.73 bits per heavy atom. The van der Waals surface area contributed by atoms with E-state index in [9.17, 15) is 19.2 Å². The molecule has 1 heterocycles. The molecule has 0 radical (unpaired) electrons. The van der Waals surface area contributed by atoms with Crippen LogP contribution < -0.4 is 20.1 Å². The summed E-state index contributed by atoms with van der Waals surface area (Å²) in [6.07, 6.45) is 0. The van der Waals surface area contributed by atoms with Crippen LogP contribution in [0.4, 0.5) is 4.79 Å². The maximum absolute atomic E-state index is 12.8. The molecule has 1 aliphatic heterocycles. The van der Waals surface area contributed by atoms with Crippen molar-refractivity contribution < 1.29 is 33.4 Å². The molecule has 0 unspecified atom stereocenters. The van der Waals surface area contributed by atoms with Gasteiger partial charge in [0.15, 0.2) is 18.1 Å². The lowest BCUT2D eigenvalue weighted by molar-refractivity contribution is -0.151. The normalized spacial score (nSPS) is 17.4. The van der Waals surface area contributed by atoms with Crippen molar-refractivity contribution in [2.75, 3.05) is 27.4 Å². The molecule has 0 saturated carbocycles. The van der Waals surface area contributed by atoms with Crippen LogP contribution in [0.2, 0.25) is 0 Å². The second-order valence-corrected chi connectivity index (χ2v) is 7.44. The van der Waals surface area contributed by atoms with E-state index in [4.69, 9.17) is 14.2 Å². The fourth-order valence-electron chi connectivity index (χ4n) is 3.37. The molecule has 0 spiro atoms. The number of hydrogen-bond donors (Lipinski definition) is 2. The molecule has 174 valence electrons. The number of nitrogens with zero attached hydrogens (tertiary/aromatic N) is 1. The van der Waals surface area contributed by atoms with Crippen LogP contribution in [-0.4, -0.2) is 56.1 Å². The van der Waals surface area contributed by atoms with E-state index in [0.29, 0.717) is 17.1 Å². The number of nitrogens with one attached hydrogen (secondary N) is 2. The molecule has 2 aromatic rings. The SMILES string of the molecule is COc1ccc(CNC(=O)COC(=O)CN2C(=O)N[C@](C)(c3ccccc3)C2=O)cc1OC. The van der Waals surface area contributed by atoms with Crippen molar-refractivity contribution in [3.05, 3.63) is 59.7 Å². The fourth-order valence-corrected chi connectivity index (χ4v) is 3.37. The van der Waals surface area contributed by atoms with Crippen LogP contribution in [-0.2, 0) is 31.2 Å². The highest BCUT2D eigenvalue weighted by Crippen LogP contribution is 2.29. The third-order valence-corrected chi connectivity index (χ3v) is 5.22. The van der Waals surface area contributed by atoms with E-state index >= 15 is 0 Å². The van der Waals surface area contributed by atoms with Gasteiger partial charge >= 0.3 is 12.0 Å². The van der Waals surface area contributed by atoms with Gasteiger partial charge in [0.25, 0.3) is 11.8 Å². The summed E-state index contributed by atoms with van der Waals surface area (Å²) in [4.78, 5) is 50.1. The molecule has 33 heavy (non-hydrogen) atoms. The predicted molar refractivity (Wildman–Crippen MR) is 116 cm³/mol. The zero-order chi connectivity index (χ0) is 24.0. The molecule has 0 aliphatic carbocycles. The number of carbonyl (C=O) groups is 4. The molecule has 2 N–H and O–H groups in total. The number of rotatable bonds is 9. The van der Waals surface area contributed by atoms with Crippen LogP contribution in [0, 0.1) is 0 Å². The summed E-state index contributed by atoms with van der Waals surface area (Å²) in [6, 6.07) is 13.2. The summed E-state index contributed by atoms with van der Waals surface area (Å²) in [5.74, 6) is -0.910. The lowest BCUT2D eigenvalue weighted by atomic mass is 9.92. The molecular formula is C23H25N3O7. The summed E-state index contributed by atoms with van der Waals surface area (Å²) in [7, 11) is 3.03. The lowest BCUT2D eigenvalue weighted by Crippen LogP contribution is -2.41. The Balaban J connectivity index is 1.49. The molecule has 1 atom stereocenters. The van der Waals surface area contributed by atoms with E-state index in [1.807, 2.05) is 0 Å². The smallest absolute Gasteiger partial charge is 0.326 e. The van der Waals surface area contributed by atoms with Crippen LogP contribution in [0.3, 0.4) is 0 Å². The van der Waals surface area contributed by atoms with Gasteiger partial charge in [0.1, 0.15) is 12.1 Å². The summed E-state index contributed by atoms with van der Waals surface area (Å²) >= 11 is 0. The molecule has 10 heteroatoms. The third kappa shape index (κ3) is 5.22. The van der Waals surface area contributed by atoms with Crippen LogP contribution in [0.25, 0.3) is 0 Å². The molecular weight excluding hydrogens is 430 g/mol. The number of ether oxygens (including phenoxy) is 3. The number of imide groups is 1. The summed E-state index contributed by atoms with van der Waals surface area (Å²) in [5, 5.41) is 5.22. The Morgan fingerprint density at radius 3 is 2.39 bits per heavy atom. The molecule has 1 aliphatic rings. The predicted octanol–water partition coefficient (Wildman–Crippen LogP) is 1.33. The van der Waals surface area contributed by atoms with E-state index in [0.717, 1.165) is 10.5 Å². The molecule has 2 aromatic carbocycles. The summed E-state index contributed by atoms with van der Waals surface area (Å²) in [5.41, 5.74) is 0.0655. The zero-order valence-corrected chi connectivity index (χ0v) is 18.5. The van der Waals surface area contributed by atoms with Gasteiger partial charge in [0.05, 0.1) is 14.2 Å². The first-order chi connectivity index (χ1) is 15.8. The van der Waals surface area contributed by atoms with E-state index in [-0.39, 0.29) is 6.54 Å². The van der Waals surface area contributed by atoms with Crippen molar-refractivity contribution in [1.29, 1.82) is 0 Å². The second kappa shape index (κ2) is 10.0. The minimum atomic E-state index is -1.28. The van der Waals surface area contributed by atoms with Crippen molar-refractivity contribution in [2.24, 2.45) is 0 Å². The number of urea groups is 1. The van der Waals surface area contributed by atoms with Gasteiger partial charge in [0.2, 0.25) is 0 Å². The maximum Gasteiger partial charge on any atom is 0.326 e. The third-order valence-electron chi connectivity index (χ3n) is 5.22. The van der Waals surface area contributed by atoms with Gasteiger partial charge in [-0.25, -0.2) is 4.79 Å². The average molecular weight is 455 g/mol. The van der Waals surface area contributed by atoms with Crippen LogP contribution >= 0.6 is 0 Å². The maximum atomic E-state index is 12.8. The number of benzene rings is 2. The van der Waals surface area contributed by atoms with Crippen LogP contribution in [0.1, 0.15) is 18.1 Å². The molecule has 3 rings (SSSR count). The first-order valence-electron chi connectivity index (χ1n) is 10.1. The van der Waals surface area contributed by atoms with E-state index in [1.165, 1.54) is 14.2 Å². The van der Waals surface area contributed by atoms with Gasteiger partial charge in [0, 0.05) is 6.54 Å². The highest BCUT2D eigenvalue weighted by molar-refractivity contribution is 6.08. The van der Waals surface area contributed by atoms with E-state index < -0.39 is 42.5 Å². The Morgan fingerprint density at radius 1 is 1.03 bits per heavy atom. The number of amides is 4. The second-order valence-electron chi connectivity index (χ2n) is 7.44. The average Bonchev–Trinajstić information content (AvgIpc) is 3.05. The minimum absolute atomic E-state index is 0.180. The highest BCUT2D eigenvalue weighted by Gasteiger charge is 2.49. The quantitative estimate of drug-likeness (QED) is 0.432. The molecule has 10 nitrogen and oxygen atoms in total. The largest absolute Gasteiger partial charge is 0.493 e. The highest BCUT2D eigenvalue weighted by atomic mass is 16.5. The molecule has 1 saturated heterocycles. The molecule has 0 aromatic heterocycles. The van der Waals surface area contributed by atoms with E-state index in [2.05, 4.69) is 10.6 Å². The summed E-state index contributed by atoms with van der Waals surface area (Å²) < 4.78 is 15.3. The first-order valence-corrected chi connectivity index (χ1v) is 10.1. The standard InChI is InChI=1S/C23H25N3O7/c1-23(16-7-5-4-6-8-16)21(29)26(22(30)25-23)13-20(28)33-14-19(27)24-12-15-9-10-17(31-2)18(11-15)32-3/h4-11H,12-14H2,1-3H3,(H,24,27)(H,25,30)/t23-/m1/s1. The fraction of sp³-hybridized carbons (Fsp3) is 0.304. The Kier molecular flexibility index (Phi) is 7.17.